The molecule has 2 aromatic rings. The highest BCUT2D eigenvalue weighted by molar-refractivity contribution is 6.21. The summed E-state index contributed by atoms with van der Waals surface area (Å²) in [5.41, 5.74) is 0.636. The number of nitrogens with one attached hydrogen (secondary N) is 1. The van der Waals surface area contributed by atoms with Crippen LogP contribution >= 0.6 is 0 Å². The Balaban J connectivity index is 1.77. The second kappa shape index (κ2) is 5.41. The van der Waals surface area contributed by atoms with Crippen LogP contribution in [0.25, 0.3) is 0 Å². The number of carbonyl (C=O) groups excluding carboxylic acids is 2. The van der Waals surface area contributed by atoms with Crippen molar-refractivity contribution in [1.82, 2.24) is 5.32 Å². The van der Waals surface area contributed by atoms with E-state index in [1.807, 2.05) is 0 Å². The monoisotopic (exact) mass is 314 g/mol. The van der Waals surface area contributed by atoms with Gasteiger partial charge in [-0.15, -0.1) is 0 Å². The van der Waals surface area contributed by atoms with Crippen LogP contribution in [-0.2, 0) is 6.61 Å². The number of nitro groups is 1. The van der Waals surface area contributed by atoms with Gasteiger partial charge in [0.15, 0.2) is 0 Å². The minimum atomic E-state index is -0.611. The lowest BCUT2D eigenvalue weighted by atomic mass is 10.1. The number of amides is 2. The SMILES string of the molecule is O=C1NC(=O)c2cc(OCc3ccc([N+](=O)[O-])cc3O)ccc21. The number of hydrogen-bond donors (Lipinski definition) is 2. The van der Waals surface area contributed by atoms with Crippen molar-refractivity contribution in [1.29, 1.82) is 0 Å². The maximum Gasteiger partial charge on any atom is 0.273 e. The number of nitrogens with zero attached hydrogens (tertiary/aromatic N) is 1. The fraction of sp³-hybridized carbons (Fsp3) is 0.0667. The molecule has 0 saturated carbocycles. The number of phenols is 1. The summed E-state index contributed by atoms with van der Waals surface area (Å²) in [6.45, 7) is -0.0435. The van der Waals surface area contributed by atoms with Gasteiger partial charge in [0.2, 0.25) is 0 Å². The second-order valence-electron chi connectivity index (χ2n) is 4.85. The molecule has 116 valence electrons. The van der Waals surface area contributed by atoms with Crippen molar-refractivity contribution >= 4 is 17.5 Å². The van der Waals surface area contributed by atoms with Crippen molar-refractivity contribution in [2.45, 2.75) is 6.61 Å². The largest absolute Gasteiger partial charge is 0.507 e. The quantitative estimate of drug-likeness (QED) is 0.504. The normalized spacial score (nSPS) is 12.7. The predicted molar refractivity (Wildman–Crippen MR) is 77.3 cm³/mol. The van der Waals surface area contributed by atoms with Crippen LogP contribution in [0.2, 0.25) is 0 Å². The summed E-state index contributed by atoms with van der Waals surface area (Å²) in [6.07, 6.45) is 0. The minimum Gasteiger partial charge on any atom is -0.507 e. The number of hydrogen-bond acceptors (Lipinski definition) is 6. The van der Waals surface area contributed by atoms with E-state index in [1.165, 1.54) is 30.3 Å². The summed E-state index contributed by atoms with van der Waals surface area (Å²) in [7, 11) is 0. The lowest BCUT2D eigenvalue weighted by molar-refractivity contribution is -0.384. The molecule has 2 aromatic carbocycles. The molecule has 0 unspecified atom stereocenters. The first kappa shape index (κ1) is 14.5. The van der Waals surface area contributed by atoms with E-state index in [0.29, 0.717) is 11.3 Å². The molecule has 8 nitrogen and oxygen atoms in total. The standard InChI is InChI=1S/C15H10N2O6/c18-13-5-9(17(21)22)2-1-8(13)7-23-10-3-4-11-12(6-10)15(20)16-14(11)19/h1-6,18H,7H2,(H,16,19,20). The Kier molecular flexibility index (Phi) is 3.41. The van der Waals surface area contributed by atoms with Gasteiger partial charge in [-0.1, -0.05) is 0 Å². The van der Waals surface area contributed by atoms with E-state index >= 15 is 0 Å². The number of aromatic hydroxyl groups is 1. The average molecular weight is 314 g/mol. The molecule has 2 N–H and O–H groups in total. The Morgan fingerprint density at radius 3 is 2.52 bits per heavy atom. The van der Waals surface area contributed by atoms with Gasteiger partial charge in [0.25, 0.3) is 17.5 Å². The number of phenolic OH excluding ortho intramolecular Hbond substituents is 1. The molecule has 1 aliphatic heterocycles. The van der Waals surface area contributed by atoms with Gasteiger partial charge < -0.3 is 9.84 Å². The molecule has 0 fully saturated rings. The van der Waals surface area contributed by atoms with Gasteiger partial charge in [-0.3, -0.25) is 25.0 Å². The zero-order valence-corrected chi connectivity index (χ0v) is 11.6. The van der Waals surface area contributed by atoms with E-state index in [1.54, 1.807) is 0 Å². The summed E-state index contributed by atoms with van der Waals surface area (Å²) in [5.74, 6) is -0.863. The van der Waals surface area contributed by atoms with E-state index in [9.17, 15) is 24.8 Å². The third-order valence-electron chi connectivity index (χ3n) is 3.38. The molecule has 2 amide bonds. The van der Waals surface area contributed by atoms with E-state index in [0.717, 1.165) is 6.07 Å². The van der Waals surface area contributed by atoms with Gasteiger partial charge in [0.05, 0.1) is 22.1 Å². The second-order valence-corrected chi connectivity index (χ2v) is 4.85. The molecule has 3 rings (SSSR count). The Labute approximate surface area is 129 Å². The molecule has 0 spiro atoms. The number of nitro benzene ring substituents is 1. The van der Waals surface area contributed by atoms with Crippen molar-refractivity contribution in [2.75, 3.05) is 0 Å². The average Bonchev–Trinajstić information content (AvgIpc) is 2.80. The zero-order chi connectivity index (χ0) is 16.6. The number of fused-ring (bicyclic) bond motifs is 1. The van der Waals surface area contributed by atoms with Crippen molar-refractivity contribution in [3.63, 3.8) is 0 Å². The Hall–Kier alpha value is -3.42. The molecule has 1 aliphatic rings. The number of non-ortho nitro benzene ring substituents is 1. The molecule has 0 aliphatic carbocycles. The van der Waals surface area contributed by atoms with E-state index < -0.39 is 16.7 Å². The van der Waals surface area contributed by atoms with Crippen LogP contribution in [0.15, 0.2) is 36.4 Å². The van der Waals surface area contributed by atoms with Crippen LogP contribution in [-0.4, -0.2) is 21.8 Å². The van der Waals surface area contributed by atoms with E-state index in [2.05, 4.69) is 5.32 Å². The van der Waals surface area contributed by atoms with Gasteiger partial charge in [-0.05, 0) is 24.3 Å². The number of imide groups is 1. The molecule has 0 radical (unpaired) electrons. The highest BCUT2D eigenvalue weighted by Gasteiger charge is 2.26. The maximum atomic E-state index is 11.6. The number of ether oxygens (including phenoxy) is 1. The smallest absolute Gasteiger partial charge is 0.273 e. The predicted octanol–water partition coefficient (Wildman–Crippen LogP) is 1.76. The highest BCUT2D eigenvalue weighted by atomic mass is 16.6. The van der Waals surface area contributed by atoms with Gasteiger partial charge in [0, 0.05) is 11.6 Å². The molecule has 1 heterocycles. The van der Waals surface area contributed by atoms with Gasteiger partial charge in [-0.2, -0.15) is 0 Å². The molecule has 8 heteroatoms. The van der Waals surface area contributed by atoms with E-state index in [4.69, 9.17) is 4.74 Å². The first-order valence-electron chi connectivity index (χ1n) is 6.54. The maximum absolute atomic E-state index is 11.6. The van der Waals surface area contributed by atoms with E-state index in [-0.39, 0.29) is 29.2 Å². The summed E-state index contributed by atoms with van der Waals surface area (Å²) in [5, 5.41) is 22.5. The summed E-state index contributed by atoms with van der Waals surface area (Å²) in [4.78, 5) is 33.0. The molecule has 0 saturated heterocycles. The number of carbonyl (C=O) groups is 2. The lowest BCUT2D eigenvalue weighted by Gasteiger charge is -2.08. The topological polar surface area (TPSA) is 119 Å². The third-order valence-corrected chi connectivity index (χ3v) is 3.38. The van der Waals surface area contributed by atoms with Crippen LogP contribution in [0.1, 0.15) is 26.3 Å². The summed E-state index contributed by atoms with van der Waals surface area (Å²) < 4.78 is 5.46. The Bertz CT molecular complexity index is 846. The van der Waals surface area contributed by atoms with Crippen LogP contribution in [0, 0.1) is 10.1 Å². The molecule has 0 bridgehead atoms. The van der Waals surface area contributed by atoms with Crippen molar-refractivity contribution in [3.05, 3.63) is 63.2 Å². The van der Waals surface area contributed by atoms with Crippen molar-refractivity contribution < 1.29 is 24.4 Å². The first-order chi connectivity index (χ1) is 11.0. The molecular weight excluding hydrogens is 304 g/mol. The number of benzene rings is 2. The Morgan fingerprint density at radius 1 is 1.09 bits per heavy atom. The Morgan fingerprint density at radius 2 is 1.83 bits per heavy atom. The van der Waals surface area contributed by atoms with Gasteiger partial charge in [-0.25, -0.2) is 0 Å². The molecule has 23 heavy (non-hydrogen) atoms. The van der Waals surface area contributed by atoms with Gasteiger partial charge >= 0.3 is 0 Å². The lowest BCUT2D eigenvalue weighted by Crippen LogP contribution is -2.19. The van der Waals surface area contributed by atoms with Gasteiger partial charge in [0.1, 0.15) is 18.1 Å². The van der Waals surface area contributed by atoms with Crippen LogP contribution < -0.4 is 10.1 Å². The summed E-state index contributed by atoms with van der Waals surface area (Å²) >= 11 is 0. The number of rotatable bonds is 4. The van der Waals surface area contributed by atoms with Crippen LogP contribution in [0.5, 0.6) is 11.5 Å². The van der Waals surface area contributed by atoms with Crippen molar-refractivity contribution in [2.24, 2.45) is 0 Å². The van der Waals surface area contributed by atoms with Crippen LogP contribution in [0.4, 0.5) is 5.69 Å². The van der Waals surface area contributed by atoms with Crippen LogP contribution in [0.3, 0.4) is 0 Å². The zero-order valence-electron chi connectivity index (χ0n) is 11.6. The third kappa shape index (κ3) is 2.69. The van der Waals surface area contributed by atoms with Crippen molar-refractivity contribution in [3.8, 4) is 11.5 Å². The molecular formula is C15H10N2O6. The fourth-order valence-electron chi connectivity index (χ4n) is 2.19. The summed E-state index contributed by atoms with van der Waals surface area (Å²) in [6, 6.07) is 8.11. The fourth-order valence-corrected chi connectivity index (χ4v) is 2.19. The molecule has 0 aromatic heterocycles. The minimum absolute atomic E-state index is 0.0435. The highest BCUT2D eigenvalue weighted by Crippen LogP contribution is 2.26. The first-order valence-corrected chi connectivity index (χ1v) is 6.54. The molecule has 0 atom stereocenters.